The third-order valence-electron chi connectivity index (χ3n) is 3.19. The Morgan fingerprint density at radius 1 is 1.44 bits per heavy atom. The SMILES string of the molecule is C=CCC1(C(C)CCC)C(=O)N=C([O-])N=C1[O-].[Ca+2]. The fourth-order valence-corrected chi connectivity index (χ4v) is 2.19. The number of allylic oxidation sites excluding steroid dienone is 1. The van der Waals surface area contributed by atoms with Gasteiger partial charge in [0.05, 0.1) is 11.4 Å². The molecule has 0 fully saturated rings. The molecule has 0 saturated heterocycles. The van der Waals surface area contributed by atoms with Crippen LogP contribution < -0.4 is 10.2 Å². The quantitative estimate of drug-likeness (QED) is 0.506. The summed E-state index contributed by atoms with van der Waals surface area (Å²) in [6, 6.07) is -0.997. The van der Waals surface area contributed by atoms with Gasteiger partial charge in [0.25, 0.3) is 5.91 Å². The first-order valence-corrected chi connectivity index (χ1v) is 5.66. The van der Waals surface area contributed by atoms with E-state index in [0.29, 0.717) is 6.42 Å². The number of rotatable bonds is 5. The zero-order valence-electron chi connectivity index (χ0n) is 10.8. The van der Waals surface area contributed by atoms with E-state index in [0.717, 1.165) is 6.42 Å². The van der Waals surface area contributed by atoms with E-state index in [2.05, 4.69) is 16.6 Å². The Balaban J connectivity index is 0.00000289. The normalized spacial score (nSPS) is 24.7. The fourth-order valence-electron chi connectivity index (χ4n) is 2.19. The van der Waals surface area contributed by atoms with E-state index in [4.69, 9.17) is 0 Å². The molecule has 0 spiro atoms. The van der Waals surface area contributed by atoms with Gasteiger partial charge in [-0.05, 0) is 24.7 Å². The van der Waals surface area contributed by atoms with Crippen LogP contribution in [-0.4, -0.2) is 55.6 Å². The maximum Gasteiger partial charge on any atom is 2.00 e. The zero-order valence-corrected chi connectivity index (χ0v) is 13.0. The number of nitrogens with zero attached hydrogens (tertiary/aromatic N) is 2. The number of hydrogen-bond donors (Lipinski definition) is 0. The first-order chi connectivity index (χ1) is 7.98. The molecule has 1 aliphatic rings. The van der Waals surface area contributed by atoms with Gasteiger partial charge in [-0.1, -0.05) is 26.3 Å². The number of carbonyl (C=O) groups is 1. The van der Waals surface area contributed by atoms with Crippen LogP contribution in [0.1, 0.15) is 33.1 Å². The van der Waals surface area contributed by atoms with E-state index in [1.54, 1.807) is 0 Å². The average Bonchev–Trinajstić information content (AvgIpc) is 2.23. The molecule has 6 heteroatoms. The number of amides is 1. The standard InChI is InChI=1S/C12H18N2O3.Ca/c1-4-6-8(3)12(7-5-2)9(15)13-11(17)14-10(12)16;/h5,8H,2,4,6-7H2,1,3H3,(H2,13,14,15,16,17);/q;+2/p-2. The van der Waals surface area contributed by atoms with Gasteiger partial charge in [0, 0.05) is 0 Å². The molecule has 94 valence electrons. The fraction of sp³-hybridized carbons (Fsp3) is 0.583. The summed E-state index contributed by atoms with van der Waals surface area (Å²) >= 11 is 0. The molecule has 1 amide bonds. The Labute approximate surface area is 137 Å². The Morgan fingerprint density at radius 3 is 2.50 bits per heavy atom. The van der Waals surface area contributed by atoms with Crippen molar-refractivity contribution in [1.29, 1.82) is 0 Å². The molecule has 0 aromatic carbocycles. The van der Waals surface area contributed by atoms with Crippen LogP contribution in [0.2, 0.25) is 0 Å². The molecule has 0 bridgehead atoms. The van der Waals surface area contributed by atoms with Crippen LogP contribution >= 0.6 is 0 Å². The molecule has 2 atom stereocenters. The van der Waals surface area contributed by atoms with Crippen molar-refractivity contribution in [1.82, 2.24) is 0 Å². The molecule has 18 heavy (non-hydrogen) atoms. The zero-order chi connectivity index (χ0) is 13.1. The minimum atomic E-state index is -1.31. The molecule has 0 N–H and O–H groups in total. The second-order valence-electron chi connectivity index (χ2n) is 4.27. The number of carbonyl (C=O) groups excluding carboxylic acids is 1. The molecule has 0 aromatic heterocycles. The molecular formula is C12H16CaN2O3. The van der Waals surface area contributed by atoms with Crippen LogP contribution in [0, 0.1) is 11.3 Å². The molecule has 0 radical (unpaired) electrons. The van der Waals surface area contributed by atoms with E-state index in [1.807, 2.05) is 13.8 Å². The van der Waals surface area contributed by atoms with Gasteiger partial charge in [0.1, 0.15) is 0 Å². The Morgan fingerprint density at radius 2 is 2.06 bits per heavy atom. The van der Waals surface area contributed by atoms with Gasteiger partial charge in [0.15, 0.2) is 0 Å². The van der Waals surface area contributed by atoms with Crippen molar-refractivity contribution >= 4 is 55.6 Å². The van der Waals surface area contributed by atoms with E-state index in [-0.39, 0.29) is 50.1 Å². The van der Waals surface area contributed by atoms with Gasteiger partial charge >= 0.3 is 37.7 Å². The Bertz CT molecular complexity index is 393. The molecule has 2 unspecified atom stereocenters. The average molecular weight is 276 g/mol. The van der Waals surface area contributed by atoms with Gasteiger partial charge in [-0.3, -0.25) is 9.79 Å². The summed E-state index contributed by atoms with van der Waals surface area (Å²) in [5.74, 6) is -1.56. The third-order valence-corrected chi connectivity index (χ3v) is 3.19. The summed E-state index contributed by atoms with van der Waals surface area (Å²) in [5, 5.41) is 22.9. The predicted molar refractivity (Wildman–Crippen MR) is 67.0 cm³/mol. The van der Waals surface area contributed by atoms with Crippen LogP contribution in [0.15, 0.2) is 22.6 Å². The minimum absolute atomic E-state index is 0. The summed E-state index contributed by atoms with van der Waals surface area (Å²) in [6.45, 7) is 7.33. The van der Waals surface area contributed by atoms with Crippen LogP contribution in [0.3, 0.4) is 0 Å². The van der Waals surface area contributed by atoms with E-state index >= 15 is 0 Å². The second kappa shape index (κ2) is 7.26. The van der Waals surface area contributed by atoms with Gasteiger partial charge in [-0.25, -0.2) is 4.99 Å². The Hall–Kier alpha value is -0.390. The van der Waals surface area contributed by atoms with Gasteiger partial charge in [-0.15, -0.1) is 6.58 Å². The van der Waals surface area contributed by atoms with Crippen molar-refractivity contribution in [2.75, 3.05) is 0 Å². The van der Waals surface area contributed by atoms with Crippen LogP contribution in [0.25, 0.3) is 0 Å². The molecule has 0 aromatic rings. The van der Waals surface area contributed by atoms with Crippen molar-refractivity contribution < 1.29 is 15.0 Å². The smallest absolute Gasteiger partial charge is 0.861 e. The summed E-state index contributed by atoms with van der Waals surface area (Å²) in [5.41, 5.74) is -1.31. The maximum atomic E-state index is 11.9. The van der Waals surface area contributed by atoms with Crippen molar-refractivity contribution in [3.05, 3.63) is 12.7 Å². The third kappa shape index (κ3) is 3.13. The van der Waals surface area contributed by atoms with Gasteiger partial charge in [0.2, 0.25) is 0 Å². The second-order valence-corrected chi connectivity index (χ2v) is 4.27. The van der Waals surface area contributed by atoms with Crippen LogP contribution in [-0.2, 0) is 4.79 Å². The first-order valence-electron chi connectivity index (χ1n) is 5.66. The van der Waals surface area contributed by atoms with E-state index < -0.39 is 23.2 Å². The number of amidine groups is 1. The van der Waals surface area contributed by atoms with Crippen molar-refractivity contribution in [2.45, 2.75) is 33.1 Å². The predicted octanol–water partition coefficient (Wildman–Crippen LogP) is -0.380. The monoisotopic (exact) mass is 276 g/mol. The van der Waals surface area contributed by atoms with Gasteiger partial charge < -0.3 is 10.2 Å². The van der Waals surface area contributed by atoms with Crippen LogP contribution in [0.4, 0.5) is 0 Å². The van der Waals surface area contributed by atoms with E-state index in [1.165, 1.54) is 6.08 Å². The van der Waals surface area contributed by atoms with E-state index in [9.17, 15) is 15.0 Å². The van der Waals surface area contributed by atoms with Crippen molar-refractivity contribution in [2.24, 2.45) is 21.3 Å². The molecule has 0 aliphatic carbocycles. The molecule has 5 nitrogen and oxygen atoms in total. The van der Waals surface area contributed by atoms with Crippen molar-refractivity contribution in [3.63, 3.8) is 0 Å². The molecule has 1 aliphatic heterocycles. The van der Waals surface area contributed by atoms with Crippen molar-refractivity contribution in [3.8, 4) is 0 Å². The minimum Gasteiger partial charge on any atom is -0.861 e. The maximum absolute atomic E-state index is 11.9. The summed E-state index contributed by atoms with van der Waals surface area (Å²) in [4.78, 5) is 18.5. The molecule has 1 heterocycles. The first kappa shape index (κ1) is 17.6. The molecule has 0 saturated carbocycles. The summed E-state index contributed by atoms with van der Waals surface area (Å²) in [7, 11) is 0. The van der Waals surface area contributed by atoms with Gasteiger partial charge in [-0.2, -0.15) is 0 Å². The number of hydrogen-bond acceptors (Lipinski definition) is 4. The number of aliphatic imine (C=N–C) groups is 2. The Kier molecular flexibility index (Phi) is 7.10. The summed E-state index contributed by atoms with van der Waals surface area (Å²) in [6.07, 6.45) is 3.22. The molecular weight excluding hydrogens is 260 g/mol. The van der Waals surface area contributed by atoms with Crippen LogP contribution in [0.5, 0.6) is 0 Å². The molecule has 1 rings (SSSR count). The largest absolute Gasteiger partial charge is 2.00 e. The summed E-state index contributed by atoms with van der Waals surface area (Å²) < 4.78 is 0. The topological polar surface area (TPSA) is 87.9 Å².